The monoisotopic (exact) mass is 593 g/mol. The molecule has 0 saturated carbocycles. The second kappa shape index (κ2) is 12.1. The van der Waals surface area contributed by atoms with Gasteiger partial charge in [-0.3, -0.25) is 0 Å². The Hall–Kier alpha value is -3.09. The van der Waals surface area contributed by atoms with Crippen molar-refractivity contribution in [2.24, 2.45) is 0 Å². The van der Waals surface area contributed by atoms with Crippen molar-refractivity contribution in [3.63, 3.8) is 0 Å². The highest BCUT2D eigenvalue weighted by Gasteiger charge is 2.29. The lowest BCUT2D eigenvalue weighted by Gasteiger charge is -2.30. The van der Waals surface area contributed by atoms with E-state index in [-0.39, 0.29) is 21.7 Å². The average Bonchev–Trinajstić information content (AvgIpc) is 2.91. The van der Waals surface area contributed by atoms with E-state index in [1.165, 1.54) is 22.3 Å². The quantitative estimate of drug-likeness (QED) is 0.207. The minimum absolute atomic E-state index is 0.0429. The van der Waals surface area contributed by atoms with Crippen LogP contribution in [0.1, 0.15) is 105 Å². The zero-order valence-electron chi connectivity index (χ0n) is 28.3. The predicted molar refractivity (Wildman–Crippen MR) is 186 cm³/mol. The maximum atomic E-state index is 6.98. The summed E-state index contributed by atoms with van der Waals surface area (Å²) in [5.41, 5.74) is 7.18. The van der Waals surface area contributed by atoms with Gasteiger partial charge in [0.15, 0.2) is 0 Å². The summed E-state index contributed by atoms with van der Waals surface area (Å²) in [5.74, 6) is 1.75. The summed E-state index contributed by atoms with van der Waals surface area (Å²) >= 11 is 0. The summed E-state index contributed by atoms with van der Waals surface area (Å²) in [5, 5.41) is 1.03. The van der Waals surface area contributed by atoms with Crippen molar-refractivity contribution in [2.45, 2.75) is 105 Å². The van der Waals surface area contributed by atoms with Crippen molar-refractivity contribution < 1.29 is 9.05 Å². The maximum absolute atomic E-state index is 6.98. The second-order valence-corrected chi connectivity index (χ2v) is 17.1. The second-order valence-electron chi connectivity index (χ2n) is 15.7. The normalized spacial score (nSPS) is 12.9. The van der Waals surface area contributed by atoms with E-state index in [1.54, 1.807) is 0 Å². The van der Waals surface area contributed by atoms with Crippen LogP contribution in [0.5, 0.6) is 11.5 Å². The first-order valence-electron chi connectivity index (χ1n) is 15.4. The fourth-order valence-corrected chi connectivity index (χ4v) is 6.30. The molecule has 0 aromatic heterocycles. The third-order valence-electron chi connectivity index (χ3n) is 7.80. The van der Waals surface area contributed by atoms with Crippen LogP contribution in [0.15, 0.2) is 84.9 Å². The van der Waals surface area contributed by atoms with Crippen LogP contribution >= 0.6 is 8.38 Å². The molecule has 0 bridgehead atoms. The standard InChI is InChI=1S/C40H50O2P/c1-37(2,3)30-20-24-35(33(26-30)39(7,8)9)41-43(32-22-18-29(19-23-32)28-16-14-13-15-17-28)42-36-25-21-31(38(4,5)6)27-34(36)40(10,11)12/h14-27H,1-12H3. The molecule has 0 N–H and O–H groups in total. The molecule has 0 fully saturated rings. The minimum Gasteiger partial charge on any atom is -0.435 e. The Labute approximate surface area is 262 Å². The first kappa shape index (κ1) is 32.8. The van der Waals surface area contributed by atoms with Gasteiger partial charge in [0.2, 0.25) is 0 Å². The molecular formula is C40H50O2P. The van der Waals surface area contributed by atoms with Crippen LogP contribution in [0.2, 0.25) is 0 Å². The van der Waals surface area contributed by atoms with Crippen LogP contribution in [-0.2, 0) is 21.7 Å². The lowest BCUT2D eigenvalue weighted by Crippen LogP contribution is -2.20. The summed E-state index contributed by atoms with van der Waals surface area (Å²) in [6.07, 6.45) is 0. The van der Waals surface area contributed by atoms with Gasteiger partial charge in [-0.25, -0.2) is 0 Å². The van der Waals surface area contributed by atoms with Gasteiger partial charge in [0.25, 0.3) is 0 Å². The van der Waals surface area contributed by atoms with Crippen LogP contribution < -0.4 is 14.4 Å². The van der Waals surface area contributed by atoms with Crippen LogP contribution in [0.25, 0.3) is 11.1 Å². The number of hydrogen-bond donors (Lipinski definition) is 0. The Bertz CT molecular complexity index is 1450. The lowest BCUT2D eigenvalue weighted by molar-refractivity contribution is 0.466. The number of rotatable bonds is 6. The average molecular weight is 594 g/mol. The molecule has 4 rings (SSSR count). The van der Waals surface area contributed by atoms with E-state index in [0.717, 1.165) is 27.9 Å². The molecule has 0 unspecified atom stereocenters. The van der Waals surface area contributed by atoms with Gasteiger partial charge >= 0.3 is 8.38 Å². The zero-order valence-corrected chi connectivity index (χ0v) is 29.2. The summed E-state index contributed by atoms with van der Waals surface area (Å²) in [4.78, 5) is 0. The van der Waals surface area contributed by atoms with Crippen molar-refractivity contribution in [1.29, 1.82) is 0 Å². The summed E-state index contributed by atoms with van der Waals surface area (Å²) < 4.78 is 14.0. The first-order chi connectivity index (χ1) is 19.8. The molecule has 227 valence electrons. The minimum atomic E-state index is -1.50. The van der Waals surface area contributed by atoms with Crippen LogP contribution in [0, 0.1) is 6.07 Å². The molecule has 3 heteroatoms. The predicted octanol–water partition coefficient (Wildman–Crippen LogP) is 11.4. The van der Waals surface area contributed by atoms with E-state index in [4.69, 9.17) is 9.05 Å². The molecule has 0 atom stereocenters. The van der Waals surface area contributed by atoms with Crippen LogP contribution in [0.4, 0.5) is 0 Å². The highest BCUT2D eigenvalue weighted by atomic mass is 31.2. The van der Waals surface area contributed by atoms with E-state index in [0.29, 0.717) is 0 Å². The molecule has 4 aromatic rings. The van der Waals surface area contributed by atoms with Gasteiger partial charge in [-0.15, -0.1) is 0 Å². The molecular weight excluding hydrogens is 543 g/mol. The topological polar surface area (TPSA) is 18.5 Å². The van der Waals surface area contributed by atoms with Crippen molar-refractivity contribution in [2.75, 3.05) is 0 Å². The van der Waals surface area contributed by atoms with E-state index in [9.17, 15) is 0 Å². The van der Waals surface area contributed by atoms with Crippen molar-refractivity contribution in [1.82, 2.24) is 0 Å². The molecule has 43 heavy (non-hydrogen) atoms. The molecule has 1 radical (unpaired) electrons. The molecule has 0 amide bonds. The molecule has 4 aromatic carbocycles. The van der Waals surface area contributed by atoms with Gasteiger partial charge in [0.05, 0.1) is 5.30 Å². The molecule has 0 aliphatic rings. The molecule has 0 saturated heterocycles. The van der Waals surface area contributed by atoms with Crippen LogP contribution in [-0.4, -0.2) is 0 Å². The Morgan fingerprint density at radius 3 is 1.23 bits per heavy atom. The number of hydrogen-bond acceptors (Lipinski definition) is 2. The van der Waals surface area contributed by atoms with E-state index in [1.807, 2.05) is 12.1 Å². The molecule has 0 heterocycles. The Balaban J connectivity index is 1.83. The SMILES string of the molecule is CC(C)(C)c1ccc(OP(Oc2ccc(C(C)(C)C)cc2C(C)(C)C)c2ccc(-c3cc[c]cc3)cc2)c(C(C)(C)C)c1. The highest BCUT2D eigenvalue weighted by Crippen LogP contribution is 2.47. The fraction of sp³-hybridized carbons (Fsp3) is 0.400. The Kier molecular flexibility index (Phi) is 9.25. The van der Waals surface area contributed by atoms with Crippen molar-refractivity contribution in [3.05, 3.63) is 113 Å². The van der Waals surface area contributed by atoms with Crippen molar-refractivity contribution in [3.8, 4) is 22.6 Å². The first-order valence-corrected chi connectivity index (χ1v) is 16.5. The number of benzene rings is 4. The van der Waals surface area contributed by atoms with E-state index >= 15 is 0 Å². The molecule has 0 spiro atoms. The van der Waals surface area contributed by atoms with Gasteiger partial charge < -0.3 is 9.05 Å². The van der Waals surface area contributed by atoms with Crippen molar-refractivity contribution >= 4 is 13.7 Å². The van der Waals surface area contributed by atoms with Crippen LogP contribution in [0.3, 0.4) is 0 Å². The van der Waals surface area contributed by atoms with Gasteiger partial charge in [0.1, 0.15) is 11.5 Å². The molecule has 2 nitrogen and oxygen atoms in total. The highest BCUT2D eigenvalue weighted by molar-refractivity contribution is 7.56. The summed E-state index contributed by atoms with van der Waals surface area (Å²) in [6.45, 7) is 27.0. The Morgan fingerprint density at radius 1 is 0.465 bits per heavy atom. The summed E-state index contributed by atoms with van der Waals surface area (Å²) in [7, 11) is -1.50. The molecule has 0 aliphatic heterocycles. The maximum Gasteiger partial charge on any atom is 0.326 e. The van der Waals surface area contributed by atoms with Gasteiger partial charge in [-0.2, -0.15) is 0 Å². The largest absolute Gasteiger partial charge is 0.435 e. The summed E-state index contributed by atoms with van der Waals surface area (Å²) in [6, 6.07) is 33.1. The van der Waals surface area contributed by atoms with Gasteiger partial charge in [0, 0.05) is 11.1 Å². The van der Waals surface area contributed by atoms with E-state index in [2.05, 4.69) is 162 Å². The third kappa shape index (κ3) is 8.10. The smallest absolute Gasteiger partial charge is 0.326 e. The molecule has 0 aliphatic carbocycles. The fourth-order valence-electron chi connectivity index (χ4n) is 4.98. The van der Waals surface area contributed by atoms with E-state index < -0.39 is 8.38 Å². The Morgan fingerprint density at radius 2 is 0.860 bits per heavy atom. The van der Waals surface area contributed by atoms with Gasteiger partial charge in [-0.05, 0) is 74.2 Å². The van der Waals surface area contributed by atoms with Gasteiger partial charge in [-0.1, -0.05) is 144 Å². The lowest BCUT2D eigenvalue weighted by atomic mass is 9.80. The zero-order chi connectivity index (χ0) is 31.8. The third-order valence-corrected chi connectivity index (χ3v) is 9.24.